The van der Waals surface area contributed by atoms with Gasteiger partial charge < -0.3 is 15.0 Å². The summed E-state index contributed by atoms with van der Waals surface area (Å²) in [4.78, 5) is 4.03. The van der Waals surface area contributed by atoms with E-state index >= 15 is 0 Å². The zero-order chi connectivity index (χ0) is 14.7. The Hall–Kier alpha value is -2.82. The van der Waals surface area contributed by atoms with Gasteiger partial charge in [-0.05, 0) is 29.8 Å². The second-order valence-corrected chi connectivity index (χ2v) is 4.66. The molecule has 0 aliphatic carbocycles. The first-order chi connectivity index (χ1) is 10.2. The number of anilines is 1. The molecule has 0 aliphatic heterocycles. The molecule has 0 saturated heterocycles. The summed E-state index contributed by atoms with van der Waals surface area (Å²) < 4.78 is 15.2. The van der Waals surface area contributed by atoms with E-state index in [4.69, 9.17) is 0 Å². The minimum Gasteiger partial charge on any atom is -0.508 e. The second-order valence-electron chi connectivity index (χ2n) is 4.66. The molecule has 21 heavy (non-hydrogen) atoms. The lowest BCUT2D eigenvalue weighted by atomic mass is 10.2. The predicted octanol–water partition coefficient (Wildman–Crippen LogP) is 3.33. The standard InChI is InChI=1S/C16H14FN3O/c17-13-7-12(8-14(21)9-13)10-19-15-3-1-2-4-16(15)20-6-5-18-11-20/h1-9,11,19,21H,10H2. The zero-order valence-corrected chi connectivity index (χ0v) is 11.2. The van der Waals surface area contributed by atoms with Crippen molar-refractivity contribution < 1.29 is 9.50 Å². The molecule has 2 N–H and O–H groups in total. The number of phenolic OH excluding ortho intramolecular Hbond substituents is 1. The molecular formula is C16H14FN3O. The molecule has 2 aromatic carbocycles. The number of benzene rings is 2. The average Bonchev–Trinajstić information content (AvgIpc) is 2.98. The molecule has 3 rings (SSSR count). The number of nitrogens with zero attached hydrogens (tertiary/aromatic N) is 2. The van der Waals surface area contributed by atoms with Crippen LogP contribution in [0.15, 0.2) is 61.2 Å². The van der Waals surface area contributed by atoms with Gasteiger partial charge in [0, 0.05) is 25.0 Å². The van der Waals surface area contributed by atoms with E-state index in [1.54, 1.807) is 12.5 Å². The van der Waals surface area contributed by atoms with Gasteiger partial charge in [-0.3, -0.25) is 0 Å². The summed E-state index contributed by atoms with van der Waals surface area (Å²) in [6.07, 6.45) is 5.28. The normalized spacial score (nSPS) is 10.5. The van der Waals surface area contributed by atoms with E-state index in [1.807, 2.05) is 35.0 Å². The Bertz CT molecular complexity index is 721. The van der Waals surface area contributed by atoms with Gasteiger partial charge in [-0.25, -0.2) is 9.37 Å². The topological polar surface area (TPSA) is 50.1 Å². The quantitative estimate of drug-likeness (QED) is 0.772. The van der Waals surface area contributed by atoms with Crippen LogP contribution in [0.4, 0.5) is 10.1 Å². The van der Waals surface area contributed by atoms with Crippen LogP contribution in [0, 0.1) is 5.82 Å². The molecule has 0 amide bonds. The van der Waals surface area contributed by atoms with Crippen molar-refractivity contribution in [1.29, 1.82) is 0 Å². The number of rotatable bonds is 4. The third-order valence-corrected chi connectivity index (χ3v) is 3.11. The number of hydrogen-bond donors (Lipinski definition) is 2. The number of halogens is 1. The van der Waals surface area contributed by atoms with Crippen molar-refractivity contribution in [2.75, 3.05) is 5.32 Å². The lowest BCUT2D eigenvalue weighted by Crippen LogP contribution is -2.03. The van der Waals surface area contributed by atoms with Crippen LogP contribution in [0.5, 0.6) is 5.75 Å². The van der Waals surface area contributed by atoms with Crippen LogP contribution in [0.1, 0.15) is 5.56 Å². The summed E-state index contributed by atoms with van der Waals surface area (Å²) in [6.45, 7) is 0.414. The Kier molecular flexibility index (Phi) is 3.55. The fourth-order valence-electron chi connectivity index (χ4n) is 2.18. The first-order valence-corrected chi connectivity index (χ1v) is 6.52. The van der Waals surface area contributed by atoms with Crippen LogP contribution in [-0.2, 0) is 6.54 Å². The highest BCUT2D eigenvalue weighted by Gasteiger charge is 2.04. The summed E-state index contributed by atoms with van der Waals surface area (Å²) in [5, 5.41) is 12.7. The fourth-order valence-corrected chi connectivity index (χ4v) is 2.18. The van der Waals surface area contributed by atoms with E-state index in [1.165, 1.54) is 12.1 Å². The maximum Gasteiger partial charge on any atom is 0.127 e. The molecule has 0 bridgehead atoms. The van der Waals surface area contributed by atoms with Gasteiger partial charge >= 0.3 is 0 Å². The van der Waals surface area contributed by atoms with E-state index in [-0.39, 0.29) is 5.75 Å². The summed E-state index contributed by atoms with van der Waals surface area (Å²) in [5.41, 5.74) is 2.53. The van der Waals surface area contributed by atoms with E-state index in [9.17, 15) is 9.50 Å². The number of aromatic hydroxyl groups is 1. The Morgan fingerprint density at radius 3 is 2.81 bits per heavy atom. The van der Waals surface area contributed by atoms with E-state index in [0.717, 1.165) is 17.4 Å². The highest BCUT2D eigenvalue weighted by atomic mass is 19.1. The molecule has 0 unspecified atom stereocenters. The fraction of sp³-hybridized carbons (Fsp3) is 0.0625. The molecule has 1 aromatic heterocycles. The van der Waals surface area contributed by atoms with Crippen LogP contribution in [-0.4, -0.2) is 14.7 Å². The molecule has 1 heterocycles. The molecule has 4 nitrogen and oxygen atoms in total. The van der Waals surface area contributed by atoms with Crippen molar-refractivity contribution in [3.05, 3.63) is 72.6 Å². The Labute approximate surface area is 121 Å². The van der Waals surface area contributed by atoms with Crippen LogP contribution < -0.4 is 5.32 Å². The summed E-state index contributed by atoms with van der Waals surface area (Å²) in [5.74, 6) is -0.524. The Morgan fingerprint density at radius 2 is 2.05 bits per heavy atom. The van der Waals surface area contributed by atoms with Crippen molar-refractivity contribution in [3.63, 3.8) is 0 Å². The van der Waals surface area contributed by atoms with Gasteiger partial charge in [0.1, 0.15) is 11.6 Å². The molecule has 0 radical (unpaired) electrons. The third kappa shape index (κ3) is 3.02. The minimum atomic E-state index is -0.449. The monoisotopic (exact) mass is 283 g/mol. The molecule has 0 spiro atoms. The van der Waals surface area contributed by atoms with Crippen LogP contribution in [0.2, 0.25) is 0 Å². The summed E-state index contributed by atoms with van der Waals surface area (Å²) in [6, 6.07) is 11.8. The maximum atomic E-state index is 13.3. The van der Waals surface area contributed by atoms with E-state index in [0.29, 0.717) is 12.1 Å². The number of para-hydroxylation sites is 2. The van der Waals surface area contributed by atoms with Crippen LogP contribution in [0.25, 0.3) is 5.69 Å². The first-order valence-electron chi connectivity index (χ1n) is 6.52. The van der Waals surface area contributed by atoms with Crippen molar-refractivity contribution in [1.82, 2.24) is 9.55 Å². The number of phenols is 1. The highest BCUT2D eigenvalue weighted by Crippen LogP contribution is 2.21. The molecule has 3 aromatic rings. The minimum absolute atomic E-state index is 0.0744. The molecule has 0 saturated carbocycles. The summed E-state index contributed by atoms with van der Waals surface area (Å²) in [7, 11) is 0. The van der Waals surface area contributed by atoms with Gasteiger partial charge in [-0.15, -0.1) is 0 Å². The number of imidazole rings is 1. The number of nitrogens with one attached hydrogen (secondary N) is 1. The first kappa shape index (κ1) is 13.2. The van der Waals surface area contributed by atoms with Gasteiger partial charge in [0.25, 0.3) is 0 Å². The van der Waals surface area contributed by atoms with Gasteiger partial charge in [0.05, 0.1) is 17.7 Å². The van der Waals surface area contributed by atoms with Crippen molar-refractivity contribution in [2.24, 2.45) is 0 Å². The largest absolute Gasteiger partial charge is 0.508 e. The van der Waals surface area contributed by atoms with E-state index < -0.39 is 5.82 Å². The van der Waals surface area contributed by atoms with E-state index in [2.05, 4.69) is 10.3 Å². The summed E-state index contributed by atoms with van der Waals surface area (Å²) >= 11 is 0. The Morgan fingerprint density at radius 1 is 1.19 bits per heavy atom. The van der Waals surface area contributed by atoms with Gasteiger partial charge in [-0.1, -0.05) is 12.1 Å². The molecule has 0 atom stereocenters. The highest BCUT2D eigenvalue weighted by molar-refractivity contribution is 5.61. The lowest BCUT2D eigenvalue weighted by molar-refractivity contribution is 0.468. The number of aromatic nitrogens is 2. The van der Waals surface area contributed by atoms with Gasteiger partial charge in [0.15, 0.2) is 0 Å². The zero-order valence-electron chi connectivity index (χ0n) is 11.2. The van der Waals surface area contributed by atoms with Gasteiger partial charge in [-0.2, -0.15) is 0 Å². The van der Waals surface area contributed by atoms with Crippen molar-refractivity contribution in [2.45, 2.75) is 6.54 Å². The molecular weight excluding hydrogens is 269 g/mol. The Balaban J connectivity index is 1.82. The molecule has 0 aliphatic rings. The van der Waals surface area contributed by atoms with Crippen LogP contribution >= 0.6 is 0 Å². The second kappa shape index (κ2) is 5.66. The van der Waals surface area contributed by atoms with Crippen molar-refractivity contribution in [3.8, 4) is 11.4 Å². The molecule has 0 fully saturated rings. The van der Waals surface area contributed by atoms with Crippen molar-refractivity contribution >= 4 is 5.69 Å². The third-order valence-electron chi connectivity index (χ3n) is 3.11. The number of hydrogen-bond acceptors (Lipinski definition) is 3. The average molecular weight is 283 g/mol. The smallest absolute Gasteiger partial charge is 0.127 e. The van der Waals surface area contributed by atoms with Crippen LogP contribution in [0.3, 0.4) is 0 Å². The molecule has 5 heteroatoms. The van der Waals surface area contributed by atoms with Gasteiger partial charge in [0.2, 0.25) is 0 Å². The molecule has 106 valence electrons. The SMILES string of the molecule is Oc1cc(F)cc(CNc2ccccc2-n2ccnc2)c1. The maximum absolute atomic E-state index is 13.3. The lowest BCUT2D eigenvalue weighted by Gasteiger charge is -2.12. The predicted molar refractivity (Wildman–Crippen MR) is 79.0 cm³/mol.